The molecule has 0 radical (unpaired) electrons. The molecule has 1 N–H and O–H groups in total. The number of ketones is 2. The minimum Gasteiger partial charge on any atom is -0.393 e. The molecule has 0 amide bonds. The Balaban J connectivity index is 1.71. The molecule has 22 heavy (non-hydrogen) atoms. The first-order valence-electron chi connectivity index (χ1n) is 9.10. The highest BCUT2D eigenvalue weighted by Gasteiger charge is 2.63. The van der Waals surface area contributed by atoms with E-state index < -0.39 is 0 Å². The van der Waals surface area contributed by atoms with Gasteiger partial charge in [-0.25, -0.2) is 0 Å². The molecule has 4 aliphatic carbocycles. The van der Waals surface area contributed by atoms with E-state index in [1.807, 2.05) is 0 Å². The average molecular weight is 304 g/mol. The third-order valence-electron chi connectivity index (χ3n) is 8.04. The number of carbonyl (C=O) groups excluding carboxylic acids is 2. The van der Waals surface area contributed by atoms with Gasteiger partial charge in [-0.15, -0.1) is 0 Å². The molecule has 0 aromatic heterocycles. The van der Waals surface area contributed by atoms with Crippen LogP contribution < -0.4 is 0 Å². The van der Waals surface area contributed by atoms with Gasteiger partial charge >= 0.3 is 0 Å². The number of hydrogen-bond acceptors (Lipinski definition) is 3. The predicted octanol–water partition coefficient (Wildman–Crippen LogP) is 3.14. The Morgan fingerprint density at radius 2 is 1.86 bits per heavy atom. The van der Waals surface area contributed by atoms with Crippen LogP contribution in [0.15, 0.2) is 0 Å². The lowest BCUT2D eigenvalue weighted by molar-refractivity contribution is -0.162. The van der Waals surface area contributed by atoms with Crippen molar-refractivity contribution >= 4 is 11.6 Å². The number of rotatable bonds is 0. The normalized spacial score (nSPS) is 54.6. The lowest BCUT2D eigenvalue weighted by Crippen LogP contribution is -2.57. The Labute approximate surface area is 132 Å². The van der Waals surface area contributed by atoms with Crippen LogP contribution in [0.2, 0.25) is 0 Å². The maximum absolute atomic E-state index is 13.0. The second kappa shape index (κ2) is 4.66. The van der Waals surface area contributed by atoms with Gasteiger partial charge in [-0.3, -0.25) is 9.59 Å². The molecule has 4 fully saturated rings. The summed E-state index contributed by atoms with van der Waals surface area (Å²) in [6.07, 6.45) is 6.86. The molecular weight excluding hydrogens is 276 g/mol. The molecule has 4 saturated carbocycles. The summed E-state index contributed by atoms with van der Waals surface area (Å²) in [5, 5.41) is 10.0. The van der Waals surface area contributed by atoms with Crippen LogP contribution in [-0.2, 0) is 9.59 Å². The summed E-state index contributed by atoms with van der Waals surface area (Å²) in [6, 6.07) is 0. The van der Waals surface area contributed by atoms with Crippen molar-refractivity contribution in [3.8, 4) is 0 Å². The number of carbonyl (C=O) groups is 2. The second-order valence-corrected chi connectivity index (χ2v) is 8.98. The fourth-order valence-electron chi connectivity index (χ4n) is 6.83. The Morgan fingerprint density at radius 3 is 2.64 bits per heavy atom. The van der Waals surface area contributed by atoms with E-state index in [2.05, 4.69) is 13.8 Å². The third kappa shape index (κ3) is 1.78. The SMILES string of the molecule is C[C@]12CC[C@@H](O)C[C@@H]1CC[C@H]1[C@H]2C(=O)C[C@]2(C)C(=O)CC[C@H]12. The van der Waals surface area contributed by atoms with Crippen LogP contribution in [0.3, 0.4) is 0 Å². The van der Waals surface area contributed by atoms with Crippen molar-refractivity contribution < 1.29 is 14.7 Å². The van der Waals surface area contributed by atoms with E-state index >= 15 is 0 Å². The van der Waals surface area contributed by atoms with E-state index in [0.29, 0.717) is 42.2 Å². The first-order valence-corrected chi connectivity index (χ1v) is 9.10. The van der Waals surface area contributed by atoms with E-state index in [1.54, 1.807) is 0 Å². The van der Waals surface area contributed by atoms with Gasteiger partial charge in [0.15, 0.2) is 0 Å². The summed E-state index contributed by atoms with van der Waals surface area (Å²) < 4.78 is 0. The summed E-state index contributed by atoms with van der Waals surface area (Å²) in [7, 11) is 0. The molecule has 3 nitrogen and oxygen atoms in total. The van der Waals surface area contributed by atoms with E-state index in [4.69, 9.17) is 0 Å². The Bertz CT molecular complexity index is 527. The van der Waals surface area contributed by atoms with Crippen molar-refractivity contribution in [2.75, 3.05) is 0 Å². The second-order valence-electron chi connectivity index (χ2n) is 8.98. The highest BCUT2D eigenvalue weighted by atomic mass is 16.3. The molecule has 0 heterocycles. The summed E-state index contributed by atoms with van der Waals surface area (Å²) in [6.45, 7) is 4.36. The zero-order valence-electron chi connectivity index (χ0n) is 13.8. The summed E-state index contributed by atoms with van der Waals surface area (Å²) >= 11 is 0. The van der Waals surface area contributed by atoms with E-state index in [9.17, 15) is 14.7 Å². The number of hydrogen-bond donors (Lipinski definition) is 1. The molecule has 7 atom stereocenters. The molecule has 4 aliphatic rings. The minimum absolute atomic E-state index is 0.0617. The quantitative estimate of drug-likeness (QED) is 0.748. The van der Waals surface area contributed by atoms with Gasteiger partial charge in [-0.2, -0.15) is 0 Å². The van der Waals surface area contributed by atoms with Crippen LogP contribution >= 0.6 is 0 Å². The molecule has 3 heteroatoms. The van der Waals surface area contributed by atoms with Crippen LogP contribution in [0.4, 0.5) is 0 Å². The molecule has 122 valence electrons. The lowest BCUT2D eigenvalue weighted by Gasteiger charge is -2.58. The Kier molecular flexibility index (Phi) is 3.15. The molecule has 4 rings (SSSR count). The Hall–Kier alpha value is -0.700. The van der Waals surface area contributed by atoms with Gasteiger partial charge < -0.3 is 5.11 Å². The van der Waals surface area contributed by atoms with Gasteiger partial charge in [0.25, 0.3) is 0 Å². The van der Waals surface area contributed by atoms with Crippen LogP contribution in [0.5, 0.6) is 0 Å². The first kappa shape index (κ1) is 14.9. The molecule has 0 aliphatic heterocycles. The van der Waals surface area contributed by atoms with Crippen molar-refractivity contribution in [2.45, 2.75) is 71.3 Å². The number of fused-ring (bicyclic) bond motifs is 5. The predicted molar refractivity (Wildman–Crippen MR) is 83.1 cm³/mol. The molecule has 0 aromatic rings. The molecule has 0 bridgehead atoms. The molecule has 0 unspecified atom stereocenters. The van der Waals surface area contributed by atoms with Crippen LogP contribution in [0.25, 0.3) is 0 Å². The highest BCUT2D eigenvalue weighted by Crippen LogP contribution is 2.64. The maximum Gasteiger partial charge on any atom is 0.139 e. The summed E-state index contributed by atoms with van der Waals surface area (Å²) in [5.74, 6) is 2.14. The molecule has 0 aromatic carbocycles. The first-order chi connectivity index (χ1) is 10.4. The van der Waals surface area contributed by atoms with Crippen LogP contribution in [-0.4, -0.2) is 22.8 Å². The topological polar surface area (TPSA) is 54.4 Å². The zero-order valence-corrected chi connectivity index (χ0v) is 13.8. The van der Waals surface area contributed by atoms with Crippen molar-refractivity contribution in [1.29, 1.82) is 0 Å². The van der Waals surface area contributed by atoms with Crippen LogP contribution in [0, 0.1) is 34.5 Å². The van der Waals surface area contributed by atoms with Crippen molar-refractivity contribution in [3.63, 3.8) is 0 Å². The number of Topliss-reactive ketones (excluding diaryl/α,β-unsaturated/α-hetero) is 2. The summed E-state index contributed by atoms with van der Waals surface area (Å²) in [5.41, 5.74) is -0.304. The lowest BCUT2D eigenvalue weighted by atomic mass is 9.45. The van der Waals surface area contributed by atoms with Gasteiger partial charge in [0.2, 0.25) is 0 Å². The zero-order chi connectivity index (χ0) is 15.7. The van der Waals surface area contributed by atoms with Crippen molar-refractivity contribution in [3.05, 3.63) is 0 Å². The molecule has 0 spiro atoms. The van der Waals surface area contributed by atoms with E-state index in [0.717, 1.165) is 38.5 Å². The van der Waals surface area contributed by atoms with Crippen molar-refractivity contribution in [1.82, 2.24) is 0 Å². The van der Waals surface area contributed by atoms with Gasteiger partial charge in [0, 0.05) is 24.2 Å². The van der Waals surface area contributed by atoms with Gasteiger partial charge in [-0.05, 0) is 61.7 Å². The maximum atomic E-state index is 13.0. The standard InChI is InChI=1S/C19H28O3/c1-18-8-7-12(20)9-11(18)3-4-13-14-5-6-16(22)19(14,2)10-15(21)17(13)18/h11-14,17,20H,3-10H2,1-2H3/t11-,12+,13+,14+,17-,18-,19-/m0/s1. The van der Waals surface area contributed by atoms with Gasteiger partial charge in [0.1, 0.15) is 11.6 Å². The molecule has 0 saturated heterocycles. The minimum atomic E-state index is -0.365. The monoisotopic (exact) mass is 304 g/mol. The third-order valence-corrected chi connectivity index (χ3v) is 8.04. The molecular formula is C19H28O3. The summed E-state index contributed by atoms with van der Waals surface area (Å²) in [4.78, 5) is 25.4. The van der Waals surface area contributed by atoms with Gasteiger partial charge in [-0.1, -0.05) is 13.8 Å². The van der Waals surface area contributed by atoms with Crippen LogP contribution in [0.1, 0.15) is 65.2 Å². The smallest absolute Gasteiger partial charge is 0.139 e. The largest absolute Gasteiger partial charge is 0.393 e. The number of aliphatic hydroxyl groups is 1. The number of aliphatic hydroxyl groups excluding tert-OH is 1. The van der Waals surface area contributed by atoms with Gasteiger partial charge in [0.05, 0.1) is 6.10 Å². The Morgan fingerprint density at radius 1 is 1.09 bits per heavy atom. The van der Waals surface area contributed by atoms with Crippen molar-refractivity contribution in [2.24, 2.45) is 34.5 Å². The average Bonchev–Trinajstić information content (AvgIpc) is 2.75. The van der Waals surface area contributed by atoms with E-state index in [-0.39, 0.29) is 22.9 Å². The fraction of sp³-hybridized carbons (Fsp3) is 0.895. The van der Waals surface area contributed by atoms with E-state index in [1.165, 1.54) is 0 Å². The fourth-order valence-corrected chi connectivity index (χ4v) is 6.83. The highest BCUT2D eigenvalue weighted by molar-refractivity contribution is 5.95.